The highest BCUT2D eigenvalue weighted by Gasteiger charge is 2.12. The van der Waals surface area contributed by atoms with E-state index in [1.807, 2.05) is 25.1 Å². The van der Waals surface area contributed by atoms with Crippen LogP contribution in [0.2, 0.25) is 0 Å². The molecule has 5 nitrogen and oxygen atoms in total. The second-order valence-electron chi connectivity index (χ2n) is 4.86. The third-order valence-electron chi connectivity index (χ3n) is 3.31. The maximum Gasteiger partial charge on any atom is 0.192 e. The van der Waals surface area contributed by atoms with E-state index in [2.05, 4.69) is 15.6 Å². The van der Waals surface area contributed by atoms with Crippen molar-refractivity contribution in [2.75, 3.05) is 31.6 Å². The molecule has 1 aromatic heterocycles. The topological polar surface area (TPSA) is 59.3 Å². The Morgan fingerprint density at radius 3 is 3.26 bits per heavy atom. The SMILES string of the molecule is Cc1nc2cc(NCCC3COCCN3)ccc2o1. The number of hydrogen-bond acceptors (Lipinski definition) is 5. The average molecular weight is 261 g/mol. The summed E-state index contributed by atoms with van der Waals surface area (Å²) in [6.07, 6.45) is 1.05. The standard InChI is InChI=1S/C14H19N3O2/c1-10-17-13-8-11(2-3-14(13)19-10)15-5-4-12-9-18-7-6-16-12/h2-3,8,12,15-16H,4-7,9H2,1H3. The minimum Gasteiger partial charge on any atom is -0.441 e. The lowest BCUT2D eigenvalue weighted by Gasteiger charge is -2.23. The molecular weight excluding hydrogens is 242 g/mol. The van der Waals surface area contributed by atoms with Crippen LogP contribution in [0, 0.1) is 6.92 Å². The van der Waals surface area contributed by atoms with Gasteiger partial charge in [-0.05, 0) is 24.6 Å². The number of rotatable bonds is 4. The first-order chi connectivity index (χ1) is 9.31. The molecule has 3 rings (SSSR count). The van der Waals surface area contributed by atoms with Gasteiger partial charge in [0.05, 0.1) is 13.2 Å². The van der Waals surface area contributed by atoms with E-state index < -0.39 is 0 Å². The Hall–Kier alpha value is -1.59. The summed E-state index contributed by atoms with van der Waals surface area (Å²) >= 11 is 0. The molecule has 19 heavy (non-hydrogen) atoms. The van der Waals surface area contributed by atoms with Crippen molar-refractivity contribution >= 4 is 16.8 Å². The van der Waals surface area contributed by atoms with Gasteiger partial charge in [0, 0.05) is 31.7 Å². The number of morpholine rings is 1. The summed E-state index contributed by atoms with van der Waals surface area (Å²) < 4.78 is 10.9. The number of benzene rings is 1. The molecule has 0 saturated carbocycles. The van der Waals surface area contributed by atoms with Crippen LogP contribution in [0.1, 0.15) is 12.3 Å². The van der Waals surface area contributed by atoms with E-state index in [0.717, 1.165) is 49.5 Å². The molecule has 1 fully saturated rings. The fraction of sp³-hybridized carbons (Fsp3) is 0.500. The van der Waals surface area contributed by atoms with E-state index in [1.165, 1.54) is 0 Å². The van der Waals surface area contributed by atoms with Gasteiger partial charge in [0.2, 0.25) is 0 Å². The van der Waals surface area contributed by atoms with E-state index in [0.29, 0.717) is 11.9 Å². The zero-order valence-electron chi connectivity index (χ0n) is 11.1. The lowest BCUT2D eigenvalue weighted by Crippen LogP contribution is -2.42. The Morgan fingerprint density at radius 1 is 1.47 bits per heavy atom. The Bertz CT molecular complexity index is 547. The summed E-state index contributed by atoms with van der Waals surface area (Å²) in [5, 5.41) is 6.86. The molecule has 0 spiro atoms. The van der Waals surface area contributed by atoms with Gasteiger partial charge in [-0.1, -0.05) is 0 Å². The molecule has 1 aromatic carbocycles. The fourth-order valence-electron chi connectivity index (χ4n) is 2.35. The maximum atomic E-state index is 5.46. The predicted octanol–water partition coefficient (Wildman–Crippen LogP) is 1.93. The van der Waals surface area contributed by atoms with Gasteiger partial charge >= 0.3 is 0 Å². The number of nitrogens with one attached hydrogen (secondary N) is 2. The molecule has 2 heterocycles. The number of hydrogen-bond donors (Lipinski definition) is 2. The predicted molar refractivity (Wildman–Crippen MR) is 74.5 cm³/mol. The summed E-state index contributed by atoms with van der Waals surface area (Å²) in [4.78, 5) is 4.33. The highest BCUT2D eigenvalue weighted by Crippen LogP contribution is 2.19. The largest absolute Gasteiger partial charge is 0.441 e. The molecule has 5 heteroatoms. The Morgan fingerprint density at radius 2 is 2.42 bits per heavy atom. The van der Waals surface area contributed by atoms with Gasteiger partial charge in [0.25, 0.3) is 0 Å². The van der Waals surface area contributed by atoms with Crippen LogP contribution in [0.25, 0.3) is 11.1 Å². The number of fused-ring (bicyclic) bond motifs is 1. The van der Waals surface area contributed by atoms with Crippen LogP contribution < -0.4 is 10.6 Å². The highest BCUT2D eigenvalue weighted by atomic mass is 16.5. The van der Waals surface area contributed by atoms with Gasteiger partial charge in [-0.15, -0.1) is 0 Å². The zero-order valence-corrected chi connectivity index (χ0v) is 11.1. The fourth-order valence-corrected chi connectivity index (χ4v) is 2.35. The van der Waals surface area contributed by atoms with Gasteiger partial charge in [-0.25, -0.2) is 4.98 Å². The number of oxazole rings is 1. The molecule has 102 valence electrons. The first-order valence-corrected chi connectivity index (χ1v) is 6.73. The third-order valence-corrected chi connectivity index (χ3v) is 3.31. The lowest BCUT2D eigenvalue weighted by atomic mass is 10.2. The molecule has 1 aliphatic rings. The molecule has 0 radical (unpaired) electrons. The molecule has 1 unspecified atom stereocenters. The van der Waals surface area contributed by atoms with Crippen molar-refractivity contribution < 1.29 is 9.15 Å². The third kappa shape index (κ3) is 3.05. The second kappa shape index (κ2) is 5.59. The Labute approximate surface area is 112 Å². The van der Waals surface area contributed by atoms with Crippen molar-refractivity contribution in [3.8, 4) is 0 Å². The molecule has 1 atom stereocenters. The molecule has 1 aliphatic heterocycles. The van der Waals surface area contributed by atoms with Gasteiger partial charge in [0.15, 0.2) is 11.5 Å². The maximum absolute atomic E-state index is 5.46. The summed E-state index contributed by atoms with van der Waals surface area (Å²) in [7, 11) is 0. The van der Waals surface area contributed by atoms with Gasteiger partial charge < -0.3 is 19.8 Å². The average Bonchev–Trinajstić information content (AvgIpc) is 2.79. The van der Waals surface area contributed by atoms with Gasteiger partial charge in [0.1, 0.15) is 5.52 Å². The smallest absolute Gasteiger partial charge is 0.192 e. The van der Waals surface area contributed by atoms with Crippen molar-refractivity contribution in [1.29, 1.82) is 0 Å². The van der Waals surface area contributed by atoms with Crippen molar-refractivity contribution in [2.45, 2.75) is 19.4 Å². The first-order valence-electron chi connectivity index (χ1n) is 6.73. The van der Waals surface area contributed by atoms with Crippen molar-refractivity contribution in [3.63, 3.8) is 0 Å². The van der Waals surface area contributed by atoms with Crippen LogP contribution in [0.3, 0.4) is 0 Å². The molecule has 1 saturated heterocycles. The van der Waals surface area contributed by atoms with Crippen LogP contribution in [0.15, 0.2) is 22.6 Å². The van der Waals surface area contributed by atoms with Crippen LogP contribution >= 0.6 is 0 Å². The Kier molecular flexibility index (Phi) is 3.66. The summed E-state index contributed by atoms with van der Waals surface area (Å²) in [6, 6.07) is 6.47. The van der Waals surface area contributed by atoms with Crippen LogP contribution in [0.5, 0.6) is 0 Å². The Balaban J connectivity index is 1.55. The summed E-state index contributed by atoms with van der Waals surface area (Å²) in [5.74, 6) is 0.704. The normalized spacial score (nSPS) is 19.7. The molecule has 2 N–H and O–H groups in total. The van der Waals surface area contributed by atoms with Gasteiger partial charge in [-0.3, -0.25) is 0 Å². The number of nitrogens with zero attached hydrogens (tertiary/aromatic N) is 1. The monoisotopic (exact) mass is 261 g/mol. The van der Waals surface area contributed by atoms with Crippen LogP contribution in [0.4, 0.5) is 5.69 Å². The number of aryl methyl sites for hydroxylation is 1. The van der Waals surface area contributed by atoms with Gasteiger partial charge in [-0.2, -0.15) is 0 Å². The van der Waals surface area contributed by atoms with Crippen molar-refractivity contribution in [2.24, 2.45) is 0 Å². The van der Waals surface area contributed by atoms with Crippen molar-refractivity contribution in [1.82, 2.24) is 10.3 Å². The minimum absolute atomic E-state index is 0.458. The van der Waals surface area contributed by atoms with E-state index in [1.54, 1.807) is 0 Å². The van der Waals surface area contributed by atoms with E-state index in [-0.39, 0.29) is 0 Å². The quantitative estimate of drug-likeness (QED) is 0.880. The second-order valence-corrected chi connectivity index (χ2v) is 4.86. The highest BCUT2D eigenvalue weighted by molar-refractivity contribution is 5.77. The molecule has 2 aromatic rings. The summed E-state index contributed by atoms with van der Waals surface area (Å²) in [5.41, 5.74) is 2.82. The number of ether oxygens (including phenoxy) is 1. The van der Waals surface area contributed by atoms with E-state index in [4.69, 9.17) is 9.15 Å². The van der Waals surface area contributed by atoms with E-state index >= 15 is 0 Å². The minimum atomic E-state index is 0.458. The van der Waals surface area contributed by atoms with E-state index in [9.17, 15) is 0 Å². The molecule has 0 aliphatic carbocycles. The number of anilines is 1. The summed E-state index contributed by atoms with van der Waals surface area (Å²) in [6.45, 7) is 5.37. The molecule has 0 bridgehead atoms. The van der Waals surface area contributed by atoms with Crippen molar-refractivity contribution in [3.05, 3.63) is 24.1 Å². The number of aromatic nitrogens is 1. The lowest BCUT2D eigenvalue weighted by molar-refractivity contribution is 0.0753. The molecule has 0 amide bonds. The van der Waals surface area contributed by atoms with Crippen LogP contribution in [-0.4, -0.2) is 37.3 Å². The molecular formula is C14H19N3O2. The van der Waals surface area contributed by atoms with Crippen LogP contribution in [-0.2, 0) is 4.74 Å². The zero-order chi connectivity index (χ0) is 13.1. The first kappa shape index (κ1) is 12.4.